The lowest BCUT2D eigenvalue weighted by atomic mass is 10.0. The summed E-state index contributed by atoms with van der Waals surface area (Å²) in [7, 11) is 1.29. The van der Waals surface area contributed by atoms with Crippen LogP contribution in [0.1, 0.15) is 13.3 Å². The maximum atomic E-state index is 10.6. The lowest BCUT2D eigenvalue weighted by Gasteiger charge is -2.19. The second-order valence-electron chi connectivity index (χ2n) is 2.57. The van der Waals surface area contributed by atoms with Crippen LogP contribution in [0.4, 0.5) is 0 Å². The maximum absolute atomic E-state index is 10.6. The Labute approximate surface area is 60.0 Å². The molecule has 0 unspecified atom stereocenters. The van der Waals surface area contributed by atoms with Crippen molar-refractivity contribution in [2.75, 3.05) is 13.7 Å². The average Bonchev–Trinajstić information content (AvgIpc) is 1.87. The van der Waals surface area contributed by atoms with Gasteiger partial charge in [0, 0.05) is 5.54 Å². The topological polar surface area (TPSA) is 72.5 Å². The van der Waals surface area contributed by atoms with Gasteiger partial charge in [0.05, 0.1) is 20.1 Å². The van der Waals surface area contributed by atoms with E-state index in [0.29, 0.717) is 0 Å². The zero-order valence-electron chi connectivity index (χ0n) is 6.26. The van der Waals surface area contributed by atoms with E-state index in [1.165, 1.54) is 7.11 Å². The molecule has 0 fully saturated rings. The summed E-state index contributed by atoms with van der Waals surface area (Å²) in [5, 5.41) is 8.61. The molecule has 60 valence electrons. The van der Waals surface area contributed by atoms with Crippen LogP contribution >= 0.6 is 0 Å². The standard InChI is InChI=1S/C6H13NO3/c1-6(7,4-8)3-5(9)10-2/h8H,3-4,7H2,1-2H3/t6-/m0/s1. The predicted molar refractivity (Wildman–Crippen MR) is 36.3 cm³/mol. The van der Waals surface area contributed by atoms with E-state index < -0.39 is 11.5 Å². The van der Waals surface area contributed by atoms with Crippen molar-refractivity contribution in [2.24, 2.45) is 5.73 Å². The third-order valence-corrected chi connectivity index (χ3v) is 1.14. The van der Waals surface area contributed by atoms with Gasteiger partial charge in [0.2, 0.25) is 0 Å². The number of hydrogen-bond donors (Lipinski definition) is 2. The smallest absolute Gasteiger partial charge is 0.307 e. The number of aliphatic hydroxyl groups is 1. The largest absolute Gasteiger partial charge is 0.469 e. The molecule has 0 radical (unpaired) electrons. The van der Waals surface area contributed by atoms with E-state index in [0.717, 1.165) is 0 Å². The van der Waals surface area contributed by atoms with Crippen molar-refractivity contribution in [1.29, 1.82) is 0 Å². The van der Waals surface area contributed by atoms with Crippen LogP contribution in [0.25, 0.3) is 0 Å². The van der Waals surface area contributed by atoms with E-state index in [9.17, 15) is 4.79 Å². The third kappa shape index (κ3) is 3.42. The highest BCUT2D eigenvalue weighted by atomic mass is 16.5. The number of carbonyl (C=O) groups is 1. The summed E-state index contributed by atoms with van der Waals surface area (Å²) in [5.74, 6) is -0.404. The highest BCUT2D eigenvalue weighted by Crippen LogP contribution is 2.04. The summed E-state index contributed by atoms with van der Waals surface area (Å²) in [6, 6.07) is 0. The second kappa shape index (κ2) is 3.53. The Kier molecular flexibility index (Phi) is 3.32. The Morgan fingerprint density at radius 2 is 2.30 bits per heavy atom. The van der Waals surface area contributed by atoms with Gasteiger partial charge < -0.3 is 15.6 Å². The summed E-state index contributed by atoms with van der Waals surface area (Å²) in [6.07, 6.45) is 0.0417. The minimum absolute atomic E-state index is 0.0417. The molecule has 4 nitrogen and oxygen atoms in total. The average molecular weight is 147 g/mol. The van der Waals surface area contributed by atoms with Crippen LogP contribution in [0.15, 0.2) is 0 Å². The number of esters is 1. The molecule has 0 spiro atoms. The number of aliphatic hydroxyl groups excluding tert-OH is 1. The van der Waals surface area contributed by atoms with E-state index in [2.05, 4.69) is 4.74 Å². The Hall–Kier alpha value is -0.610. The van der Waals surface area contributed by atoms with Gasteiger partial charge >= 0.3 is 5.97 Å². The fourth-order valence-corrected chi connectivity index (χ4v) is 0.458. The Balaban J connectivity index is 3.76. The van der Waals surface area contributed by atoms with Crippen LogP contribution in [0.3, 0.4) is 0 Å². The molecular weight excluding hydrogens is 134 g/mol. The molecule has 0 saturated carbocycles. The van der Waals surface area contributed by atoms with Crippen LogP contribution in [0.2, 0.25) is 0 Å². The molecule has 0 aromatic rings. The van der Waals surface area contributed by atoms with E-state index >= 15 is 0 Å². The minimum Gasteiger partial charge on any atom is -0.469 e. The molecule has 0 aromatic carbocycles. The number of ether oxygens (including phenoxy) is 1. The van der Waals surface area contributed by atoms with Crippen molar-refractivity contribution in [1.82, 2.24) is 0 Å². The Morgan fingerprint density at radius 3 is 2.60 bits per heavy atom. The Morgan fingerprint density at radius 1 is 1.80 bits per heavy atom. The fraction of sp³-hybridized carbons (Fsp3) is 0.833. The second-order valence-corrected chi connectivity index (χ2v) is 2.57. The first-order valence-electron chi connectivity index (χ1n) is 2.98. The molecular formula is C6H13NO3. The monoisotopic (exact) mass is 147 g/mol. The summed E-state index contributed by atoms with van der Waals surface area (Å²) < 4.78 is 4.36. The predicted octanol–water partition coefficient (Wildman–Crippen LogP) is -0.741. The first-order chi connectivity index (χ1) is 4.52. The molecule has 0 saturated heterocycles. The fourth-order valence-electron chi connectivity index (χ4n) is 0.458. The summed E-state index contributed by atoms with van der Waals surface area (Å²) >= 11 is 0. The van der Waals surface area contributed by atoms with Crippen molar-refractivity contribution >= 4 is 5.97 Å². The molecule has 0 aliphatic heterocycles. The number of methoxy groups -OCH3 is 1. The molecule has 1 atom stereocenters. The van der Waals surface area contributed by atoms with Gasteiger partial charge in [-0.1, -0.05) is 0 Å². The van der Waals surface area contributed by atoms with Gasteiger partial charge in [0.25, 0.3) is 0 Å². The van der Waals surface area contributed by atoms with Crippen LogP contribution in [-0.4, -0.2) is 30.3 Å². The van der Waals surface area contributed by atoms with Crippen molar-refractivity contribution in [3.63, 3.8) is 0 Å². The van der Waals surface area contributed by atoms with Crippen LogP contribution in [0.5, 0.6) is 0 Å². The SMILES string of the molecule is COC(=O)C[C@](C)(N)CO. The maximum Gasteiger partial charge on any atom is 0.307 e. The highest BCUT2D eigenvalue weighted by molar-refractivity contribution is 5.70. The first kappa shape index (κ1) is 9.39. The molecule has 0 aliphatic carbocycles. The summed E-state index contributed by atoms with van der Waals surface area (Å²) in [6.45, 7) is 1.37. The molecule has 0 aliphatic rings. The van der Waals surface area contributed by atoms with E-state index in [1.807, 2.05) is 0 Å². The van der Waals surface area contributed by atoms with Gasteiger partial charge in [-0.2, -0.15) is 0 Å². The van der Waals surface area contributed by atoms with Gasteiger partial charge in [-0.25, -0.2) is 0 Å². The van der Waals surface area contributed by atoms with Gasteiger partial charge in [0.1, 0.15) is 0 Å². The zero-order valence-corrected chi connectivity index (χ0v) is 6.26. The van der Waals surface area contributed by atoms with Gasteiger partial charge in [-0.15, -0.1) is 0 Å². The minimum atomic E-state index is -0.854. The van der Waals surface area contributed by atoms with Crippen molar-refractivity contribution in [2.45, 2.75) is 18.9 Å². The molecule has 10 heavy (non-hydrogen) atoms. The molecule has 0 bridgehead atoms. The summed E-state index contributed by atoms with van der Waals surface area (Å²) in [5.41, 5.74) is 4.59. The van der Waals surface area contributed by atoms with Crippen LogP contribution in [-0.2, 0) is 9.53 Å². The van der Waals surface area contributed by atoms with Crippen molar-refractivity contribution in [3.05, 3.63) is 0 Å². The first-order valence-corrected chi connectivity index (χ1v) is 2.98. The number of rotatable bonds is 3. The lowest BCUT2D eigenvalue weighted by Crippen LogP contribution is -2.42. The third-order valence-electron chi connectivity index (χ3n) is 1.14. The number of hydrogen-bond acceptors (Lipinski definition) is 4. The molecule has 0 amide bonds. The zero-order chi connectivity index (χ0) is 8.20. The molecule has 3 N–H and O–H groups in total. The van der Waals surface area contributed by atoms with Gasteiger partial charge in [0.15, 0.2) is 0 Å². The molecule has 0 rings (SSSR count). The van der Waals surface area contributed by atoms with Crippen LogP contribution in [0, 0.1) is 0 Å². The van der Waals surface area contributed by atoms with E-state index in [4.69, 9.17) is 10.8 Å². The van der Waals surface area contributed by atoms with Gasteiger partial charge in [-0.3, -0.25) is 4.79 Å². The molecule has 0 aromatic heterocycles. The van der Waals surface area contributed by atoms with Gasteiger partial charge in [-0.05, 0) is 6.92 Å². The number of carbonyl (C=O) groups excluding carboxylic acids is 1. The van der Waals surface area contributed by atoms with E-state index in [-0.39, 0.29) is 13.0 Å². The molecule has 4 heteroatoms. The van der Waals surface area contributed by atoms with Crippen LogP contribution < -0.4 is 5.73 Å². The Bertz CT molecular complexity index is 122. The highest BCUT2D eigenvalue weighted by Gasteiger charge is 2.21. The quantitative estimate of drug-likeness (QED) is 0.516. The number of nitrogens with two attached hydrogens (primary N) is 1. The molecule has 0 heterocycles. The van der Waals surface area contributed by atoms with Crippen molar-refractivity contribution in [3.8, 4) is 0 Å². The normalized spacial score (nSPS) is 16.0. The van der Waals surface area contributed by atoms with Crippen molar-refractivity contribution < 1.29 is 14.6 Å². The lowest BCUT2D eigenvalue weighted by molar-refractivity contribution is -0.142. The van der Waals surface area contributed by atoms with E-state index in [1.54, 1.807) is 6.92 Å². The summed E-state index contributed by atoms with van der Waals surface area (Å²) in [4.78, 5) is 10.6.